The van der Waals surface area contributed by atoms with E-state index in [0.29, 0.717) is 11.4 Å². The highest BCUT2D eigenvalue weighted by Gasteiger charge is 2.55. The second-order valence-electron chi connectivity index (χ2n) is 7.34. The van der Waals surface area contributed by atoms with E-state index < -0.39 is 23.9 Å². The van der Waals surface area contributed by atoms with E-state index in [1.54, 1.807) is 12.1 Å². The minimum Gasteiger partial charge on any atom is -0.324 e. The molecular weight excluding hydrogens is 370 g/mol. The zero-order chi connectivity index (χ0) is 20.7. The third kappa shape index (κ3) is 3.26. The number of nitrogens with one attached hydrogen (secondary N) is 1. The zero-order valence-corrected chi connectivity index (χ0v) is 16.4. The van der Waals surface area contributed by atoms with Crippen LogP contribution in [0.25, 0.3) is 0 Å². The van der Waals surface area contributed by atoms with Gasteiger partial charge in [0.15, 0.2) is 12.1 Å². The van der Waals surface area contributed by atoms with Crippen molar-refractivity contribution < 1.29 is 14.4 Å². The van der Waals surface area contributed by atoms with Crippen LogP contribution in [0.4, 0.5) is 11.4 Å². The summed E-state index contributed by atoms with van der Waals surface area (Å²) in [5.74, 6) is -1.18. The number of hydrogen-bond acceptors (Lipinski definition) is 6. The van der Waals surface area contributed by atoms with Gasteiger partial charge in [-0.25, -0.2) is 4.90 Å². The first-order valence-corrected chi connectivity index (χ1v) is 9.35. The van der Waals surface area contributed by atoms with Crippen molar-refractivity contribution in [2.75, 3.05) is 16.8 Å². The molecule has 2 heterocycles. The molecular formula is C21H21N5O3. The summed E-state index contributed by atoms with van der Waals surface area (Å²) in [6, 6.07) is 10.9. The summed E-state index contributed by atoms with van der Waals surface area (Å²) in [5.41, 5.74) is 4.26. The molecule has 4 rings (SSSR count). The molecule has 1 N–H and O–H groups in total. The van der Waals surface area contributed by atoms with Crippen LogP contribution >= 0.6 is 0 Å². The molecule has 2 aromatic carbocycles. The van der Waals surface area contributed by atoms with Crippen LogP contribution in [-0.4, -0.2) is 41.4 Å². The van der Waals surface area contributed by atoms with E-state index in [4.69, 9.17) is 0 Å². The predicted molar refractivity (Wildman–Crippen MR) is 107 cm³/mol. The molecule has 2 aromatic rings. The lowest BCUT2D eigenvalue weighted by Gasteiger charge is -2.20. The largest absolute Gasteiger partial charge is 0.324 e. The number of hydrogen-bond donors (Lipinski definition) is 1. The van der Waals surface area contributed by atoms with Gasteiger partial charge in [-0.3, -0.25) is 19.4 Å². The Morgan fingerprint density at radius 2 is 1.76 bits per heavy atom. The second kappa shape index (κ2) is 7.12. The fourth-order valence-electron chi connectivity index (χ4n) is 3.53. The Hall–Kier alpha value is -3.55. The van der Waals surface area contributed by atoms with Gasteiger partial charge in [-0.15, -0.1) is 0 Å². The Balaban J connectivity index is 1.49. The van der Waals surface area contributed by atoms with Crippen LogP contribution in [-0.2, 0) is 14.4 Å². The van der Waals surface area contributed by atoms with E-state index in [-0.39, 0.29) is 12.5 Å². The Labute approximate surface area is 168 Å². The molecule has 2 unspecified atom stereocenters. The molecule has 0 spiro atoms. The number of fused-ring (bicyclic) bond motifs is 1. The Kier molecular flexibility index (Phi) is 4.62. The summed E-state index contributed by atoms with van der Waals surface area (Å²) >= 11 is 0. The number of benzene rings is 2. The first-order valence-electron chi connectivity index (χ1n) is 9.35. The molecule has 1 saturated heterocycles. The summed E-state index contributed by atoms with van der Waals surface area (Å²) in [6.45, 7) is 5.65. The highest BCUT2D eigenvalue weighted by atomic mass is 16.2. The van der Waals surface area contributed by atoms with E-state index in [9.17, 15) is 14.4 Å². The third-order valence-corrected chi connectivity index (χ3v) is 5.33. The molecule has 2 atom stereocenters. The minimum absolute atomic E-state index is 0.168. The Bertz CT molecular complexity index is 1030. The van der Waals surface area contributed by atoms with Crippen molar-refractivity contribution in [2.45, 2.75) is 32.9 Å². The SMILES string of the molecule is Cc1ccc(N2C(=O)C3N=NN(CC(=O)Nc4cccc(C)c4C)C3C2=O)cc1. The van der Waals surface area contributed by atoms with Crippen molar-refractivity contribution in [3.63, 3.8) is 0 Å². The van der Waals surface area contributed by atoms with Crippen molar-refractivity contribution >= 4 is 29.1 Å². The molecule has 0 aromatic heterocycles. The van der Waals surface area contributed by atoms with Crippen molar-refractivity contribution in [3.05, 3.63) is 59.2 Å². The van der Waals surface area contributed by atoms with Gasteiger partial charge in [-0.1, -0.05) is 35.1 Å². The number of rotatable bonds is 4. The second-order valence-corrected chi connectivity index (χ2v) is 7.34. The van der Waals surface area contributed by atoms with Gasteiger partial charge in [-0.05, 0) is 50.1 Å². The van der Waals surface area contributed by atoms with E-state index >= 15 is 0 Å². The summed E-state index contributed by atoms with van der Waals surface area (Å²) in [7, 11) is 0. The molecule has 8 heteroatoms. The normalized spacial score (nSPS) is 20.4. The van der Waals surface area contributed by atoms with Crippen LogP contribution in [0.5, 0.6) is 0 Å². The molecule has 2 aliphatic rings. The maximum absolute atomic E-state index is 12.9. The fourth-order valence-corrected chi connectivity index (χ4v) is 3.53. The number of nitrogens with zero attached hydrogens (tertiary/aromatic N) is 4. The van der Waals surface area contributed by atoms with Gasteiger partial charge < -0.3 is 5.32 Å². The summed E-state index contributed by atoms with van der Waals surface area (Å²) in [6.07, 6.45) is 0. The van der Waals surface area contributed by atoms with Crippen molar-refractivity contribution in [1.82, 2.24) is 5.01 Å². The minimum atomic E-state index is -0.919. The van der Waals surface area contributed by atoms with Crippen LogP contribution in [0.15, 0.2) is 52.8 Å². The third-order valence-electron chi connectivity index (χ3n) is 5.33. The molecule has 3 amide bonds. The van der Waals surface area contributed by atoms with Crippen molar-refractivity contribution in [2.24, 2.45) is 10.3 Å². The van der Waals surface area contributed by atoms with Gasteiger partial charge in [0.05, 0.1) is 5.69 Å². The van der Waals surface area contributed by atoms with Gasteiger partial charge >= 0.3 is 0 Å². The van der Waals surface area contributed by atoms with Crippen LogP contribution in [0.3, 0.4) is 0 Å². The monoisotopic (exact) mass is 391 g/mol. The molecule has 0 bridgehead atoms. The first kappa shape index (κ1) is 18.8. The average Bonchev–Trinajstić information content (AvgIpc) is 3.20. The quantitative estimate of drug-likeness (QED) is 0.811. The molecule has 0 radical (unpaired) electrons. The van der Waals surface area contributed by atoms with Crippen LogP contribution < -0.4 is 10.2 Å². The number of amides is 3. The summed E-state index contributed by atoms with van der Waals surface area (Å²) in [4.78, 5) is 39.3. The van der Waals surface area contributed by atoms with Crippen molar-refractivity contribution in [3.8, 4) is 0 Å². The van der Waals surface area contributed by atoms with Crippen molar-refractivity contribution in [1.29, 1.82) is 0 Å². The van der Waals surface area contributed by atoms with Gasteiger partial charge in [0, 0.05) is 5.69 Å². The molecule has 0 saturated carbocycles. The molecule has 1 fully saturated rings. The van der Waals surface area contributed by atoms with E-state index in [1.807, 2.05) is 51.1 Å². The maximum Gasteiger partial charge on any atom is 0.263 e. The van der Waals surface area contributed by atoms with E-state index in [0.717, 1.165) is 21.6 Å². The zero-order valence-electron chi connectivity index (χ0n) is 16.4. The Morgan fingerprint density at radius 1 is 1.03 bits per heavy atom. The highest BCUT2D eigenvalue weighted by Crippen LogP contribution is 2.32. The maximum atomic E-state index is 12.9. The molecule has 2 aliphatic heterocycles. The van der Waals surface area contributed by atoms with Crippen LogP contribution in [0.1, 0.15) is 16.7 Å². The number of anilines is 2. The average molecular weight is 391 g/mol. The molecule has 148 valence electrons. The smallest absolute Gasteiger partial charge is 0.263 e. The topological polar surface area (TPSA) is 94.4 Å². The van der Waals surface area contributed by atoms with E-state index in [2.05, 4.69) is 15.7 Å². The number of carbonyl (C=O) groups excluding carboxylic acids is 3. The van der Waals surface area contributed by atoms with Gasteiger partial charge in [0.25, 0.3) is 11.8 Å². The highest BCUT2D eigenvalue weighted by molar-refractivity contribution is 6.25. The van der Waals surface area contributed by atoms with E-state index in [1.165, 1.54) is 5.01 Å². The molecule has 8 nitrogen and oxygen atoms in total. The molecule has 29 heavy (non-hydrogen) atoms. The number of carbonyl (C=O) groups is 3. The summed E-state index contributed by atoms with van der Waals surface area (Å²) < 4.78 is 0. The predicted octanol–water partition coefficient (Wildman–Crippen LogP) is 2.54. The van der Waals surface area contributed by atoms with Gasteiger partial charge in [-0.2, -0.15) is 5.11 Å². The first-order chi connectivity index (χ1) is 13.9. The summed E-state index contributed by atoms with van der Waals surface area (Å²) in [5, 5.41) is 12.0. The van der Waals surface area contributed by atoms with Gasteiger partial charge in [0.1, 0.15) is 6.54 Å². The fraction of sp³-hybridized carbons (Fsp3) is 0.286. The van der Waals surface area contributed by atoms with Gasteiger partial charge in [0.2, 0.25) is 5.91 Å². The Morgan fingerprint density at radius 3 is 2.48 bits per heavy atom. The lowest BCUT2D eigenvalue weighted by Crippen LogP contribution is -2.43. The van der Waals surface area contributed by atoms with Crippen LogP contribution in [0.2, 0.25) is 0 Å². The molecule has 0 aliphatic carbocycles. The number of imide groups is 1. The lowest BCUT2D eigenvalue weighted by molar-refractivity contribution is -0.123. The standard InChI is InChI=1S/C21H21N5O3/c1-12-7-9-15(10-8-12)26-20(28)18-19(21(26)29)25(24-23-18)11-17(27)22-16-6-4-5-13(2)14(16)3/h4-10,18-19H,11H2,1-3H3,(H,22,27). The lowest BCUT2D eigenvalue weighted by atomic mass is 10.1. The number of aryl methyl sites for hydroxylation is 2. The van der Waals surface area contributed by atoms with Crippen LogP contribution in [0, 0.1) is 20.8 Å².